The molecule has 0 aliphatic rings. The van der Waals surface area contributed by atoms with Crippen LogP contribution in [0.25, 0.3) is 0 Å². The lowest BCUT2D eigenvalue weighted by Crippen LogP contribution is -2.49. The molecule has 0 radical (unpaired) electrons. The smallest absolute Gasteiger partial charge is 0.368 e. The van der Waals surface area contributed by atoms with Crippen LogP contribution in [0.2, 0.25) is 6.55 Å². The number of hydrogen-bond donors (Lipinski definition) is 0. The van der Waals surface area contributed by atoms with E-state index in [-0.39, 0.29) is 0 Å². The minimum atomic E-state index is -2.40. The molecule has 0 bridgehead atoms. The summed E-state index contributed by atoms with van der Waals surface area (Å²) >= 11 is 0. The second-order valence-corrected chi connectivity index (χ2v) is 12.9. The molecule has 5 heteroatoms. The van der Waals surface area contributed by atoms with Gasteiger partial charge in [0.25, 0.3) is 0 Å². The van der Waals surface area contributed by atoms with Gasteiger partial charge in [-0.15, -0.1) is 0 Å². The van der Waals surface area contributed by atoms with Crippen LogP contribution < -0.4 is 15.0 Å². The molecule has 0 fully saturated rings. The van der Waals surface area contributed by atoms with Crippen molar-refractivity contribution < 1.29 is 8.85 Å². The molecule has 0 N–H and O–H groups in total. The molecule has 39 heavy (non-hydrogen) atoms. The predicted molar refractivity (Wildman–Crippen MR) is 166 cm³/mol. The third-order valence-corrected chi connectivity index (χ3v) is 10.1. The molecule has 0 aromatic heterocycles. The van der Waals surface area contributed by atoms with E-state index in [2.05, 4.69) is 145 Å². The molecule has 0 atom stereocenters. The van der Waals surface area contributed by atoms with Gasteiger partial charge in [0, 0.05) is 48.3 Å². The summed E-state index contributed by atoms with van der Waals surface area (Å²) in [6.45, 7) is 4.17. The Morgan fingerprint density at radius 1 is 0.436 bits per heavy atom. The average Bonchev–Trinajstić information content (AvgIpc) is 3.00. The Labute approximate surface area is 232 Å². The van der Waals surface area contributed by atoms with E-state index < -0.39 is 8.56 Å². The van der Waals surface area contributed by atoms with Gasteiger partial charge in [-0.05, 0) is 91.5 Å². The summed E-state index contributed by atoms with van der Waals surface area (Å²) in [6, 6.07) is 46.8. The molecule has 5 aromatic carbocycles. The SMILES string of the molecule is CO[Si](C)(OC)c1ccc(N(c2ccccc2)c2ccc(N(c3ccccc3)c3ccc(C)cc3)cc2)cc1. The van der Waals surface area contributed by atoms with Crippen LogP contribution >= 0.6 is 0 Å². The Morgan fingerprint density at radius 2 is 0.744 bits per heavy atom. The quantitative estimate of drug-likeness (QED) is 0.178. The zero-order chi connectivity index (χ0) is 27.2. The second-order valence-electron chi connectivity index (χ2n) is 9.59. The molecule has 0 spiro atoms. The first-order chi connectivity index (χ1) is 19.0. The molecule has 0 heterocycles. The van der Waals surface area contributed by atoms with Crippen molar-refractivity contribution in [2.45, 2.75) is 13.5 Å². The van der Waals surface area contributed by atoms with E-state index in [4.69, 9.17) is 8.85 Å². The molecule has 4 nitrogen and oxygen atoms in total. The molecule has 196 valence electrons. The van der Waals surface area contributed by atoms with E-state index in [1.807, 2.05) is 12.1 Å². The Morgan fingerprint density at radius 3 is 1.10 bits per heavy atom. The van der Waals surface area contributed by atoms with Gasteiger partial charge in [-0.2, -0.15) is 0 Å². The van der Waals surface area contributed by atoms with Gasteiger partial charge in [-0.25, -0.2) is 0 Å². The van der Waals surface area contributed by atoms with Gasteiger partial charge in [0.2, 0.25) is 0 Å². The first-order valence-electron chi connectivity index (χ1n) is 13.1. The Balaban J connectivity index is 1.54. The number of nitrogens with zero attached hydrogens (tertiary/aromatic N) is 2. The average molecular weight is 531 g/mol. The van der Waals surface area contributed by atoms with Gasteiger partial charge in [0.05, 0.1) is 0 Å². The van der Waals surface area contributed by atoms with Crippen LogP contribution in [0.15, 0.2) is 133 Å². The van der Waals surface area contributed by atoms with Crippen molar-refractivity contribution in [3.8, 4) is 0 Å². The molecular weight excluding hydrogens is 496 g/mol. The summed E-state index contributed by atoms with van der Waals surface area (Å²) < 4.78 is 11.5. The van der Waals surface area contributed by atoms with Crippen LogP contribution in [0.4, 0.5) is 34.1 Å². The maximum atomic E-state index is 5.76. The highest BCUT2D eigenvalue weighted by Crippen LogP contribution is 2.38. The van der Waals surface area contributed by atoms with Gasteiger partial charge >= 0.3 is 8.56 Å². The number of rotatable bonds is 9. The number of anilines is 6. The monoisotopic (exact) mass is 530 g/mol. The second kappa shape index (κ2) is 11.7. The normalized spacial score (nSPS) is 11.3. The van der Waals surface area contributed by atoms with E-state index in [1.54, 1.807) is 14.2 Å². The van der Waals surface area contributed by atoms with Crippen molar-refractivity contribution in [2.24, 2.45) is 0 Å². The predicted octanol–water partition coefficient (Wildman–Crippen LogP) is 8.51. The summed E-state index contributed by atoms with van der Waals surface area (Å²) in [5.41, 5.74) is 7.82. The summed E-state index contributed by atoms with van der Waals surface area (Å²) in [4.78, 5) is 4.55. The van der Waals surface area contributed by atoms with Crippen LogP contribution in [0.1, 0.15) is 5.56 Å². The lowest BCUT2D eigenvalue weighted by Gasteiger charge is -2.29. The molecule has 5 aromatic rings. The number of aryl methyl sites for hydroxylation is 1. The van der Waals surface area contributed by atoms with E-state index in [1.165, 1.54) is 5.56 Å². The van der Waals surface area contributed by atoms with E-state index in [0.29, 0.717) is 0 Å². The van der Waals surface area contributed by atoms with Crippen molar-refractivity contribution in [3.05, 3.63) is 139 Å². The first kappa shape index (κ1) is 26.4. The largest absolute Gasteiger partial charge is 0.394 e. The van der Waals surface area contributed by atoms with Crippen LogP contribution in [0, 0.1) is 6.92 Å². The van der Waals surface area contributed by atoms with Crippen molar-refractivity contribution in [1.82, 2.24) is 0 Å². The highest BCUT2D eigenvalue weighted by atomic mass is 28.4. The van der Waals surface area contributed by atoms with Crippen LogP contribution in [0.5, 0.6) is 0 Å². The third kappa shape index (κ3) is 5.66. The number of benzene rings is 5. The van der Waals surface area contributed by atoms with Crippen LogP contribution in [0.3, 0.4) is 0 Å². The fourth-order valence-corrected chi connectivity index (χ4v) is 6.14. The van der Waals surface area contributed by atoms with Crippen LogP contribution in [-0.2, 0) is 8.85 Å². The van der Waals surface area contributed by atoms with Gasteiger partial charge in [-0.3, -0.25) is 0 Å². The lowest BCUT2D eigenvalue weighted by atomic mass is 10.1. The van der Waals surface area contributed by atoms with Gasteiger partial charge in [-0.1, -0.05) is 66.2 Å². The minimum Gasteiger partial charge on any atom is -0.394 e. The van der Waals surface area contributed by atoms with E-state index in [0.717, 1.165) is 39.3 Å². The Bertz CT molecular complexity index is 1470. The van der Waals surface area contributed by atoms with Crippen molar-refractivity contribution >= 4 is 47.9 Å². The summed E-state index contributed by atoms with van der Waals surface area (Å²) in [7, 11) is 1.04. The lowest BCUT2D eigenvalue weighted by molar-refractivity contribution is 0.265. The van der Waals surface area contributed by atoms with E-state index in [9.17, 15) is 0 Å². The Kier molecular flexibility index (Phi) is 7.93. The van der Waals surface area contributed by atoms with E-state index >= 15 is 0 Å². The molecule has 0 unspecified atom stereocenters. The van der Waals surface area contributed by atoms with Crippen molar-refractivity contribution in [2.75, 3.05) is 24.0 Å². The van der Waals surface area contributed by atoms with Crippen molar-refractivity contribution in [1.29, 1.82) is 0 Å². The first-order valence-corrected chi connectivity index (χ1v) is 15.4. The topological polar surface area (TPSA) is 24.9 Å². The summed E-state index contributed by atoms with van der Waals surface area (Å²) in [5, 5.41) is 1.09. The fourth-order valence-electron chi connectivity index (χ4n) is 4.73. The van der Waals surface area contributed by atoms with Gasteiger partial charge in [0.1, 0.15) is 0 Å². The number of hydrogen-bond acceptors (Lipinski definition) is 4. The molecule has 0 saturated carbocycles. The van der Waals surface area contributed by atoms with Gasteiger partial charge in [0.15, 0.2) is 0 Å². The standard InChI is InChI=1S/C34H34N2O2Si/c1-27-15-17-30(18-16-27)35(28-11-7-5-8-12-28)31-19-21-32(22-20-31)36(29-13-9-6-10-14-29)33-23-25-34(26-24-33)39(4,37-2)38-3/h5-26H,1-4H3. The molecular formula is C34H34N2O2Si. The highest BCUT2D eigenvalue weighted by molar-refractivity contribution is 6.79. The van der Waals surface area contributed by atoms with Crippen molar-refractivity contribution in [3.63, 3.8) is 0 Å². The summed E-state index contributed by atoms with van der Waals surface area (Å²) in [5.74, 6) is 0. The third-order valence-electron chi connectivity index (χ3n) is 7.12. The van der Waals surface area contributed by atoms with Crippen LogP contribution in [-0.4, -0.2) is 22.8 Å². The van der Waals surface area contributed by atoms with Gasteiger partial charge < -0.3 is 18.7 Å². The number of para-hydroxylation sites is 2. The molecule has 0 aliphatic heterocycles. The fraction of sp³-hybridized carbons (Fsp3) is 0.118. The molecule has 0 aliphatic carbocycles. The zero-order valence-electron chi connectivity index (χ0n) is 22.9. The minimum absolute atomic E-state index is 1.07. The molecule has 5 rings (SSSR count). The zero-order valence-corrected chi connectivity index (χ0v) is 23.9. The molecule has 0 amide bonds. The maximum absolute atomic E-state index is 5.76. The molecule has 0 saturated heterocycles. The summed E-state index contributed by atoms with van der Waals surface area (Å²) in [6.07, 6.45) is 0. The maximum Gasteiger partial charge on any atom is 0.368 e. The highest BCUT2D eigenvalue weighted by Gasteiger charge is 2.31. The Hall–Kier alpha value is -4.16.